The van der Waals surface area contributed by atoms with Crippen molar-refractivity contribution < 1.29 is 9.59 Å². The minimum absolute atomic E-state index is 0.0926. The molecule has 2 aliphatic heterocycles. The van der Waals surface area contributed by atoms with Crippen molar-refractivity contribution in [1.29, 1.82) is 0 Å². The number of carbonyl (C=O) groups is 2. The predicted molar refractivity (Wildman–Crippen MR) is 80.4 cm³/mol. The summed E-state index contributed by atoms with van der Waals surface area (Å²) >= 11 is 0. The largest absolute Gasteiger partial charge is 0.299 e. The van der Waals surface area contributed by atoms with E-state index in [4.69, 9.17) is 0 Å². The van der Waals surface area contributed by atoms with Crippen molar-refractivity contribution in [3.63, 3.8) is 0 Å². The van der Waals surface area contributed by atoms with Gasteiger partial charge in [0.1, 0.15) is 30.5 Å². The van der Waals surface area contributed by atoms with Gasteiger partial charge in [-0.1, -0.05) is 24.3 Å². The number of hydrogen-bond donors (Lipinski definition) is 0. The van der Waals surface area contributed by atoms with E-state index in [1.165, 1.54) is 0 Å². The van der Waals surface area contributed by atoms with E-state index in [9.17, 15) is 9.59 Å². The van der Waals surface area contributed by atoms with Crippen LogP contribution in [0.4, 0.5) is 0 Å². The molecule has 1 aromatic carbocycles. The summed E-state index contributed by atoms with van der Waals surface area (Å²) in [5.74, 6) is 0. The van der Waals surface area contributed by atoms with Gasteiger partial charge in [-0.25, -0.2) is 0 Å². The summed E-state index contributed by atoms with van der Waals surface area (Å²) < 4.78 is 0. The number of rotatable bonds is 2. The van der Waals surface area contributed by atoms with Gasteiger partial charge < -0.3 is 0 Å². The summed E-state index contributed by atoms with van der Waals surface area (Å²) in [7, 11) is 0.576. The van der Waals surface area contributed by atoms with Gasteiger partial charge >= 0.3 is 0 Å². The Bertz CT molecular complexity index is 583. The van der Waals surface area contributed by atoms with Crippen molar-refractivity contribution in [2.45, 2.75) is 12.1 Å². The summed E-state index contributed by atoms with van der Waals surface area (Å²) in [6, 6.07) is 9.17. The molecule has 0 fully saturated rings. The van der Waals surface area contributed by atoms with Crippen LogP contribution in [-0.2, 0) is 9.59 Å². The van der Waals surface area contributed by atoms with Crippen LogP contribution in [0.1, 0.15) is 11.1 Å². The second-order valence-electron chi connectivity index (χ2n) is 4.52. The fraction of sp³-hybridized carbons (Fsp3) is 0.286. The third-order valence-electron chi connectivity index (χ3n) is 3.20. The second-order valence-corrected chi connectivity index (χ2v) is 7.13. The SMILES string of the molecule is O=C1[Si]CCN=C1c1ccccc1C1=NCC[Si]C1=O. The molecule has 6 heteroatoms. The van der Waals surface area contributed by atoms with Gasteiger partial charge in [-0.15, -0.1) is 0 Å². The van der Waals surface area contributed by atoms with E-state index >= 15 is 0 Å². The van der Waals surface area contributed by atoms with E-state index in [0.717, 1.165) is 23.2 Å². The lowest BCUT2D eigenvalue weighted by molar-refractivity contribution is -0.107. The van der Waals surface area contributed by atoms with E-state index in [1.54, 1.807) is 0 Å². The molecule has 4 nitrogen and oxygen atoms in total. The fourth-order valence-corrected chi connectivity index (χ4v) is 3.96. The summed E-state index contributed by atoms with van der Waals surface area (Å²) in [4.78, 5) is 32.9. The third-order valence-corrected chi connectivity index (χ3v) is 5.27. The van der Waals surface area contributed by atoms with Gasteiger partial charge in [0, 0.05) is 24.2 Å². The molecule has 1 aromatic rings. The Morgan fingerprint density at radius 1 is 0.800 bits per heavy atom. The zero-order valence-electron chi connectivity index (χ0n) is 10.8. The minimum atomic E-state index is 0.0926. The lowest BCUT2D eigenvalue weighted by Gasteiger charge is -2.17. The molecule has 0 bridgehead atoms. The first-order chi connectivity index (χ1) is 9.77. The zero-order chi connectivity index (χ0) is 13.9. The van der Waals surface area contributed by atoms with Crippen molar-refractivity contribution in [1.82, 2.24) is 0 Å². The zero-order valence-corrected chi connectivity index (χ0v) is 12.8. The van der Waals surface area contributed by atoms with Crippen LogP contribution in [0, 0.1) is 0 Å². The van der Waals surface area contributed by atoms with Crippen molar-refractivity contribution in [2.24, 2.45) is 9.98 Å². The molecule has 0 unspecified atom stereocenters. The fourth-order valence-electron chi connectivity index (χ4n) is 2.30. The second kappa shape index (κ2) is 5.76. The molecule has 0 aliphatic carbocycles. The Kier molecular flexibility index (Phi) is 3.84. The first-order valence-corrected chi connectivity index (χ1v) is 8.94. The van der Waals surface area contributed by atoms with Crippen LogP contribution in [0.5, 0.6) is 0 Å². The lowest BCUT2D eigenvalue weighted by atomic mass is 9.99. The first-order valence-electron chi connectivity index (χ1n) is 6.52. The molecule has 20 heavy (non-hydrogen) atoms. The molecule has 2 heterocycles. The molecule has 2 aliphatic rings. The Morgan fingerprint density at radius 3 is 1.65 bits per heavy atom. The van der Waals surface area contributed by atoms with Crippen LogP contribution >= 0.6 is 0 Å². The molecule has 0 saturated heterocycles. The molecule has 0 saturated carbocycles. The summed E-state index contributed by atoms with van der Waals surface area (Å²) in [5, 5.41) is 0.185. The third kappa shape index (κ3) is 2.48. The first kappa shape index (κ1) is 13.3. The summed E-state index contributed by atoms with van der Waals surface area (Å²) in [5.41, 5.74) is 2.58. The minimum Gasteiger partial charge on any atom is -0.299 e. The van der Waals surface area contributed by atoms with Crippen LogP contribution in [-0.4, -0.2) is 54.4 Å². The Hall–Kier alpha value is -1.67. The Morgan fingerprint density at radius 2 is 1.25 bits per heavy atom. The van der Waals surface area contributed by atoms with E-state index in [0.29, 0.717) is 24.5 Å². The molecule has 0 aromatic heterocycles. The van der Waals surface area contributed by atoms with Crippen molar-refractivity contribution in [2.75, 3.05) is 13.1 Å². The van der Waals surface area contributed by atoms with Crippen LogP contribution in [0.15, 0.2) is 34.3 Å². The maximum absolute atomic E-state index is 12.1. The van der Waals surface area contributed by atoms with E-state index in [1.807, 2.05) is 24.3 Å². The number of nitrogens with zero attached hydrogens (tertiary/aromatic N) is 2. The Balaban J connectivity index is 2.09. The van der Waals surface area contributed by atoms with Crippen molar-refractivity contribution in [3.05, 3.63) is 35.4 Å². The number of carbonyl (C=O) groups excluding carboxylic acids is 2. The summed E-state index contributed by atoms with van der Waals surface area (Å²) in [6.07, 6.45) is 0. The molecule has 98 valence electrons. The monoisotopic (exact) mass is 296 g/mol. The van der Waals surface area contributed by atoms with Gasteiger partial charge in [-0.2, -0.15) is 0 Å². The average Bonchev–Trinajstić information content (AvgIpc) is 2.48. The van der Waals surface area contributed by atoms with Gasteiger partial charge in [0.25, 0.3) is 0 Å². The molecular formula is C14H12N2O2Si2. The van der Waals surface area contributed by atoms with Crippen molar-refractivity contribution >= 4 is 41.3 Å². The summed E-state index contributed by atoms with van der Waals surface area (Å²) in [6.45, 7) is 1.38. The van der Waals surface area contributed by atoms with E-state index < -0.39 is 0 Å². The van der Waals surface area contributed by atoms with Gasteiger partial charge in [0.2, 0.25) is 0 Å². The molecule has 4 radical (unpaired) electrons. The molecule has 0 spiro atoms. The number of aliphatic imine (C=N–C) groups is 2. The molecule has 3 rings (SSSR count). The molecule has 0 N–H and O–H groups in total. The van der Waals surface area contributed by atoms with E-state index in [-0.39, 0.29) is 29.9 Å². The van der Waals surface area contributed by atoms with Crippen LogP contribution in [0.25, 0.3) is 0 Å². The van der Waals surface area contributed by atoms with Gasteiger partial charge in [-0.05, 0) is 12.1 Å². The maximum atomic E-state index is 12.1. The standard InChI is InChI=1S/C14H12N2O2Si2/c17-13-11(15-5-7-19-13)9-3-1-2-4-10(9)12-14(18)20-8-6-16-12/h1-4H,5-8H2. The topological polar surface area (TPSA) is 58.9 Å². The number of hydrogen-bond acceptors (Lipinski definition) is 4. The molecular weight excluding hydrogens is 284 g/mol. The highest BCUT2D eigenvalue weighted by atomic mass is 28.2. The van der Waals surface area contributed by atoms with Gasteiger partial charge in [0.15, 0.2) is 10.8 Å². The number of benzene rings is 1. The highest BCUT2D eigenvalue weighted by Gasteiger charge is 2.25. The molecule has 0 amide bonds. The lowest BCUT2D eigenvalue weighted by Crippen LogP contribution is -2.32. The quantitative estimate of drug-likeness (QED) is 0.750. The average molecular weight is 296 g/mol. The maximum Gasteiger partial charge on any atom is 0.154 e. The van der Waals surface area contributed by atoms with Gasteiger partial charge in [-0.3, -0.25) is 19.6 Å². The van der Waals surface area contributed by atoms with Gasteiger partial charge in [0.05, 0.1) is 0 Å². The highest BCUT2D eigenvalue weighted by molar-refractivity contribution is 6.93. The van der Waals surface area contributed by atoms with Crippen LogP contribution in [0.2, 0.25) is 12.1 Å². The molecule has 0 atom stereocenters. The smallest absolute Gasteiger partial charge is 0.154 e. The highest BCUT2D eigenvalue weighted by Crippen LogP contribution is 2.16. The Labute approximate surface area is 122 Å². The normalized spacial score (nSPS) is 19.6. The van der Waals surface area contributed by atoms with Crippen LogP contribution < -0.4 is 0 Å². The van der Waals surface area contributed by atoms with Crippen molar-refractivity contribution in [3.8, 4) is 0 Å². The van der Waals surface area contributed by atoms with Crippen LogP contribution in [0.3, 0.4) is 0 Å². The van der Waals surface area contributed by atoms with E-state index in [2.05, 4.69) is 9.98 Å². The predicted octanol–water partition coefficient (Wildman–Crippen LogP) is 0.590.